The Morgan fingerprint density at radius 2 is 2.08 bits per heavy atom. The normalized spacial score (nSPS) is 10.6. The van der Waals surface area contributed by atoms with Gasteiger partial charge in [-0.3, -0.25) is 4.79 Å². The molecule has 8 nitrogen and oxygen atoms in total. The first-order valence-corrected chi connectivity index (χ1v) is 8.67. The summed E-state index contributed by atoms with van der Waals surface area (Å²) in [5.41, 5.74) is 4.12. The van der Waals surface area contributed by atoms with E-state index in [0.717, 1.165) is 22.3 Å². The molecule has 26 heavy (non-hydrogen) atoms. The number of tetrazole rings is 1. The molecule has 2 heterocycles. The number of aryl methyl sites for hydroxylation is 2. The number of nitrogens with one attached hydrogen (secondary N) is 2. The Kier molecular flexibility index (Phi) is 5.08. The van der Waals surface area contributed by atoms with Crippen molar-refractivity contribution in [3.63, 3.8) is 0 Å². The Hall–Kier alpha value is -3.07. The fourth-order valence-corrected chi connectivity index (χ4v) is 3.52. The Balaban J connectivity index is 1.96. The van der Waals surface area contributed by atoms with E-state index in [4.69, 9.17) is 4.74 Å². The molecule has 0 saturated heterocycles. The zero-order valence-corrected chi connectivity index (χ0v) is 15.3. The third-order valence-corrected chi connectivity index (χ3v) is 4.72. The third-order valence-electron chi connectivity index (χ3n) is 3.82. The Morgan fingerprint density at radius 3 is 2.77 bits per heavy atom. The molecule has 134 valence electrons. The SMILES string of the molecule is COC(=O)c1c(-c2cc(C)ccc2C)csc1NC(=O)Cc1nn[nH]n1. The average molecular weight is 371 g/mol. The Morgan fingerprint density at radius 1 is 1.27 bits per heavy atom. The molecule has 0 atom stereocenters. The number of rotatable bonds is 5. The van der Waals surface area contributed by atoms with Crippen molar-refractivity contribution in [3.8, 4) is 11.1 Å². The molecule has 0 aliphatic rings. The van der Waals surface area contributed by atoms with Gasteiger partial charge >= 0.3 is 5.97 Å². The summed E-state index contributed by atoms with van der Waals surface area (Å²) in [6.45, 7) is 3.96. The van der Waals surface area contributed by atoms with Crippen molar-refractivity contribution in [2.45, 2.75) is 20.3 Å². The van der Waals surface area contributed by atoms with Crippen molar-refractivity contribution < 1.29 is 14.3 Å². The number of hydrogen-bond acceptors (Lipinski definition) is 7. The topological polar surface area (TPSA) is 110 Å². The molecular weight excluding hydrogens is 354 g/mol. The standard InChI is InChI=1S/C17H17N5O3S/c1-9-4-5-10(2)11(6-9)12-8-26-16(15(12)17(24)25-3)18-14(23)7-13-19-21-22-20-13/h4-6,8H,7H2,1-3H3,(H,18,23)(H,19,20,21,22). The minimum atomic E-state index is -0.503. The van der Waals surface area contributed by atoms with Crippen LogP contribution in [0.2, 0.25) is 0 Å². The van der Waals surface area contributed by atoms with Crippen molar-refractivity contribution in [2.24, 2.45) is 0 Å². The van der Waals surface area contributed by atoms with Crippen molar-refractivity contribution >= 4 is 28.2 Å². The predicted octanol–water partition coefficient (Wildman–Crippen LogP) is 2.51. The van der Waals surface area contributed by atoms with Crippen LogP contribution in [0, 0.1) is 13.8 Å². The lowest BCUT2D eigenvalue weighted by Crippen LogP contribution is -2.17. The average Bonchev–Trinajstić information content (AvgIpc) is 3.26. The van der Waals surface area contributed by atoms with Gasteiger partial charge in [0.05, 0.1) is 13.5 Å². The summed E-state index contributed by atoms with van der Waals surface area (Å²) in [6.07, 6.45) is -0.0478. The van der Waals surface area contributed by atoms with Crippen molar-refractivity contribution in [2.75, 3.05) is 12.4 Å². The van der Waals surface area contributed by atoms with Crippen LogP contribution in [0.25, 0.3) is 11.1 Å². The van der Waals surface area contributed by atoms with Crippen LogP contribution in [0.4, 0.5) is 5.00 Å². The van der Waals surface area contributed by atoms with Gasteiger partial charge in [-0.1, -0.05) is 29.0 Å². The molecule has 0 aliphatic heterocycles. The van der Waals surface area contributed by atoms with Crippen LogP contribution < -0.4 is 5.32 Å². The molecule has 1 aromatic carbocycles. The molecule has 3 rings (SSSR count). The number of nitrogens with zero attached hydrogens (tertiary/aromatic N) is 3. The number of aromatic nitrogens is 4. The largest absolute Gasteiger partial charge is 0.465 e. The number of carbonyl (C=O) groups is 2. The number of ether oxygens (including phenoxy) is 1. The highest BCUT2D eigenvalue weighted by Gasteiger charge is 2.23. The van der Waals surface area contributed by atoms with Crippen LogP contribution >= 0.6 is 11.3 Å². The molecule has 0 fully saturated rings. The van der Waals surface area contributed by atoms with E-state index in [1.165, 1.54) is 18.4 Å². The summed E-state index contributed by atoms with van der Waals surface area (Å²) in [5.74, 6) is -0.573. The van der Waals surface area contributed by atoms with E-state index in [2.05, 4.69) is 25.9 Å². The van der Waals surface area contributed by atoms with E-state index in [1.807, 2.05) is 37.4 Å². The molecular formula is C17H17N5O3S. The molecule has 0 bridgehead atoms. The quantitative estimate of drug-likeness (QED) is 0.667. The monoisotopic (exact) mass is 371 g/mol. The van der Waals surface area contributed by atoms with E-state index in [1.54, 1.807) is 0 Å². The number of carbonyl (C=O) groups excluding carboxylic acids is 2. The second-order valence-corrected chi connectivity index (χ2v) is 6.60. The lowest BCUT2D eigenvalue weighted by Gasteiger charge is -2.10. The van der Waals surface area contributed by atoms with Gasteiger partial charge in [-0.2, -0.15) is 5.21 Å². The molecule has 9 heteroatoms. The maximum absolute atomic E-state index is 12.4. The van der Waals surface area contributed by atoms with Gasteiger partial charge in [-0.05, 0) is 25.0 Å². The maximum atomic E-state index is 12.4. The third kappa shape index (κ3) is 3.62. The van der Waals surface area contributed by atoms with Gasteiger partial charge in [0.1, 0.15) is 10.6 Å². The van der Waals surface area contributed by atoms with Crippen LogP contribution in [0.15, 0.2) is 23.6 Å². The van der Waals surface area contributed by atoms with Crippen LogP contribution in [0.3, 0.4) is 0 Å². The summed E-state index contributed by atoms with van der Waals surface area (Å²) in [6, 6.07) is 6.02. The number of benzene rings is 1. The van der Waals surface area contributed by atoms with Crippen LogP contribution in [0.5, 0.6) is 0 Å². The van der Waals surface area contributed by atoms with Gasteiger partial charge in [-0.15, -0.1) is 21.5 Å². The minimum absolute atomic E-state index is 0.0478. The van der Waals surface area contributed by atoms with E-state index >= 15 is 0 Å². The highest BCUT2D eigenvalue weighted by atomic mass is 32.1. The number of esters is 1. The summed E-state index contributed by atoms with van der Waals surface area (Å²) < 4.78 is 4.93. The summed E-state index contributed by atoms with van der Waals surface area (Å²) >= 11 is 1.27. The zero-order chi connectivity index (χ0) is 18.7. The molecule has 0 aliphatic carbocycles. The van der Waals surface area contributed by atoms with Crippen molar-refractivity contribution in [1.82, 2.24) is 20.6 Å². The van der Waals surface area contributed by atoms with E-state index in [0.29, 0.717) is 10.6 Å². The van der Waals surface area contributed by atoms with Gasteiger partial charge in [0.15, 0.2) is 5.82 Å². The van der Waals surface area contributed by atoms with Crippen LogP contribution in [-0.2, 0) is 16.0 Å². The molecule has 1 amide bonds. The Bertz CT molecular complexity index is 949. The first-order valence-electron chi connectivity index (χ1n) is 7.79. The highest BCUT2D eigenvalue weighted by molar-refractivity contribution is 7.15. The smallest absolute Gasteiger partial charge is 0.341 e. The zero-order valence-electron chi connectivity index (χ0n) is 14.5. The molecule has 3 aromatic rings. The number of amides is 1. The lowest BCUT2D eigenvalue weighted by atomic mass is 9.97. The minimum Gasteiger partial charge on any atom is -0.465 e. The van der Waals surface area contributed by atoms with Crippen LogP contribution in [0.1, 0.15) is 27.3 Å². The van der Waals surface area contributed by atoms with Gasteiger partial charge in [0, 0.05) is 10.9 Å². The van der Waals surface area contributed by atoms with Gasteiger partial charge in [-0.25, -0.2) is 4.79 Å². The first kappa shape index (κ1) is 17.7. The predicted molar refractivity (Wildman–Crippen MR) is 97.1 cm³/mol. The first-order chi connectivity index (χ1) is 12.5. The van der Waals surface area contributed by atoms with E-state index in [-0.39, 0.29) is 18.2 Å². The van der Waals surface area contributed by atoms with Gasteiger partial charge in [0.25, 0.3) is 0 Å². The van der Waals surface area contributed by atoms with E-state index < -0.39 is 5.97 Å². The summed E-state index contributed by atoms with van der Waals surface area (Å²) in [7, 11) is 1.32. The fourth-order valence-electron chi connectivity index (χ4n) is 2.55. The number of thiophene rings is 1. The molecule has 0 spiro atoms. The number of H-pyrrole nitrogens is 1. The van der Waals surface area contributed by atoms with E-state index in [9.17, 15) is 9.59 Å². The van der Waals surface area contributed by atoms with Crippen molar-refractivity contribution in [3.05, 3.63) is 46.1 Å². The van der Waals surface area contributed by atoms with Gasteiger partial charge < -0.3 is 10.1 Å². The molecule has 0 radical (unpaired) electrons. The number of anilines is 1. The number of aromatic amines is 1. The molecule has 0 saturated carbocycles. The molecule has 2 N–H and O–H groups in total. The second-order valence-electron chi connectivity index (χ2n) is 5.72. The van der Waals surface area contributed by atoms with Crippen LogP contribution in [-0.4, -0.2) is 39.6 Å². The number of methoxy groups -OCH3 is 1. The van der Waals surface area contributed by atoms with Crippen molar-refractivity contribution in [1.29, 1.82) is 0 Å². The summed E-state index contributed by atoms with van der Waals surface area (Å²) in [5, 5.41) is 18.2. The number of hydrogen-bond donors (Lipinski definition) is 2. The molecule has 0 unspecified atom stereocenters. The second kappa shape index (κ2) is 7.44. The Labute approximate surface area is 153 Å². The lowest BCUT2D eigenvalue weighted by molar-refractivity contribution is -0.115. The highest BCUT2D eigenvalue weighted by Crippen LogP contribution is 2.38. The maximum Gasteiger partial charge on any atom is 0.341 e. The summed E-state index contributed by atoms with van der Waals surface area (Å²) in [4.78, 5) is 24.6. The fraction of sp³-hybridized carbons (Fsp3) is 0.235. The van der Waals surface area contributed by atoms with Gasteiger partial charge in [0.2, 0.25) is 5.91 Å². The molecule has 2 aromatic heterocycles.